The van der Waals surface area contributed by atoms with Crippen LogP contribution < -0.4 is 5.32 Å². The zero-order chi connectivity index (χ0) is 9.68. The van der Waals surface area contributed by atoms with Crippen molar-refractivity contribution >= 4 is 0 Å². The van der Waals surface area contributed by atoms with E-state index in [9.17, 15) is 0 Å². The van der Waals surface area contributed by atoms with Crippen LogP contribution >= 0.6 is 0 Å². The molecular weight excluding hydrogens is 160 g/mol. The van der Waals surface area contributed by atoms with E-state index >= 15 is 0 Å². The van der Waals surface area contributed by atoms with Gasteiger partial charge in [0.2, 0.25) is 0 Å². The molecule has 0 spiro atoms. The highest BCUT2D eigenvalue weighted by atomic mass is 15.2. The second-order valence-electron chi connectivity index (χ2n) is 4.32. The van der Waals surface area contributed by atoms with Crippen molar-refractivity contribution in [3.63, 3.8) is 0 Å². The maximum absolute atomic E-state index is 3.26. The van der Waals surface area contributed by atoms with Gasteiger partial charge >= 0.3 is 0 Å². The molecule has 2 unspecified atom stereocenters. The van der Waals surface area contributed by atoms with Gasteiger partial charge in [-0.1, -0.05) is 13.3 Å². The first-order chi connectivity index (χ1) is 6.27. The quantitative estimate of drug-likeness (QED) is 0.715. The first-order valence-corrected chi connectivity index (χ1v) is 5.66. The van der Waals surface area contributed by atoms with Gasteiger partial charge in [-0.05, 0) is 39.3 Å². The van der Waals surface area contributed by atoms with Gasteiger partial charge in [0, 0.05) is 19.1 Å². The van der Waals surface area contributed by atoms with E-state index < -0.39 is 0 Å². The Balaban J connectivity index is 2.32. The van der Waals surface area contributed by atoms with Crippen LogP contribution in [0.1, 0.15) is 33.1 Å². The number of hydrogen-bond donors (Lipinski definition) is 1. The predicted octanol–water partition coefficient (Wildman–Crippen LogP) is 1.72. The second kappa shape index (κ2) is 5.61. The van der Waals surface area contributed by atoms with E-state index in [-0.39, 0.29) is 0 Å². The average molecular weight is 184 g/mol. The summed E-state index contributed by atoms with van der Waals surface area (Å²) in [6.45, 7) is 8.39. The zero-order valence-electron chi connectivity index (χ0n) is 9.34. The SMILES string of the molecule is CCC1CCCN(C(C)CNC)C1. The summed E-state index contributed by atoms with van der Waals surface area (Å²) >= 11 is 0. The summed E-state index contributed by atoms with van der Waals surface area (Å²) in [5, 5.41) is 3.26. The average Bonchev–Trinajstić information content (AvgIpc) is 2.18. The van der Waals surface area contributed by atoms with Gasteiger partial charge in [-0.15, -0.1) is 0 Å². The van der Waals surface area contributed by atoms with E-state index in [0.29, 0.717) is 6.04 Å². The minimum Gasteiger partial charge on any atom is -0.318 e. The van der Waals surface area contributed by atoms with Crippen molar-refractivity contribution in [2.75, 3.05) is 26.7 Å². The number of nitrogens with one attached hydrogen (secondary N) is 1. The number of piperidine rings is 1. The molecule has 0 bridgehead atoms. The van der Waals surface area contributed by atoms with Gasteiger partial charge in [0.1, 0.15) is 0 Å². The van der Waals surface area contributed by atoms with Crippen LogP contribution in [0.15, 0.2) is 0 Å². The lowest BCUT2D eigenvalue weighted by atomic mass is 9.95. The minimum atomic E-state index is 0.708. The van der Waals surface area contributed by atoms with Crippen molar-refractivity contribution in [3.8, 4) is 0 Å². The summed E-state index contributed by atoms with van der Waals surface area (Å²) in [7, 11) is 2.04. The fourth-order valence-corrected chi connectivity index (χ4v) is 2.26. The molecule has 0 amide bonds. The molecule has 78 valence electrons. The molecule has 1 saturated heterocycles. The van der Waals surface area contributed by atoms with Gasteiger partial charge in [0.15, 0.2) is 0 Å². The first-order valence-electron chi connectivity index (χ1n) is 5.66. The van der Waals surface area contributed by atoms with E-state index in [1.54, 1.807) is 0 Å². The fourth-order valence-electron chi connectivity index (χ4n) is 2.26. The van der Waals surface area contributed by atoms with Crippen LogP contribution in [0.3, 0.4) is 0 Å². The molecule has 1 heterocycles. The van der Waals surface area contributed by atoms with Crippen LogP contribution in [-0.2, 0) is 0 Å². The van der Waals surface area contributed by atoms with E-state index in [0.717, 1.165) is 12.5 Å². The molecule has 1 N–H and O–H groups in total. The van der Waals surface area contributed by atoms with E-state index in [2.05, 4.69) is 24.1 Å². The molecule has 13 heavy (non-hydrogen) atoms. The number of rotatable bonds is 4. The molecule has 2 heteroatoms. The Morgan fingerprint density at radius 2 is 2.31 bits per heavy atom. The highest BCUT2D eigenvalue weighted by Gasteiger charge is 2.21. The summed E-state index contributed by atoms with van der Waals surface area (Å²) in [5.74, 6) is 0.952. The van der Waals surface area contributed by atoms with E-state index in [1.807, 2.05) is 7.05 Å². The maximum atomic E-state index is 3.26. The van der Waals surface area contributed by atoms with Gasteiger partial charge in [0.25, 0.3) is 0 Å². The normalized spacial score (nSPS) is 27.5. The van der Waals surface area contributed by atoms with Crippen molar-refractivity contribution in [3.05, 3.63) is 0 Å². The van der Waals surface area contributed by atoms with Crippen LogP contribution in [0, 0.1) is 5.92 Å². The summed E-state index contributed by atoms with van der Waals surface area (Å²) in [6, 6.07) is 0.708. The lowest BCUT2D eigenvalue weighted by Crippen LogP contribution is -2.45. The lowest BCUT2D eigenvalue weighted by Gasteiger charge is -2.36. The molecule has 0 aliphatic carbocycles. The summed E-state index contributed by atoms with van der Waals surface area (Å²) in [5.41, 5.74) is 0. The summed E-state index contributed by atoms with van der Waals surface area (Å²) in [4.78, 5) is 2.63. The van der Waals surface area contributed by atoms with Gasteiger partial charge in [-0.2, -0.15) is 0 Å². The number of nitrogens with zero attached hydrogens (tertiary/aromatic N) is 1. The molecule has 1 aliphatic heterocycles. The van der Waals surface area contributed by atoms with Gasteiger partial charge in [0.05, 0.1) is 0 Å². The Hall–Kier alpha value is -0.0800. The zero-order valence-corrected chi connectivity index (χ0v) is 9.34. The van der Waals surface area contributed by atoms with Crippen molar-refractivity contribution in [1.29, 1.82) is 0 Å². The predicted molar refractivity (Wildman–Crippen MR) is 58.0 cm³/mol. The highest BCUT2D eigenvalue weighted by Crippen LogP contribution is 2.20. The summed E-state index contributed by atoms with van der Waals surface area (Å²) < 4.78 is 0. The molecule has 1 rings (SSSR count). The van der Waals surface area contributed by atoms with E-state index in [4.69, 9.17) is 0 Å². The van der Waals surface area contributed by atoms with Crippen molar-refractivity contribution in [2.24, 2.45) is 5.92 Å². The molecule has 1 aliphatic rings. The summed E-state index contributed by atoms with van der Waals surface area (Å²) in [6.07, 6.45) is 4.19. The Morgan fingerprint density at radius 3 is 2.92 bits per heavy atom. The maximum Gasteiger partial charge on any atom is 0.0192 e. The molecule has 2 atom stereocenters. The Bertz CT molecular complexity index is 136. The third-order valence-electron chi connectivity index (χ3n) is 3.25. The van der Waals surface area contributed by atoms with Crippen LogP contribution in [0.25, 0.3) is 0 Å². The topological polar surface area (TPSA) is 15.3 Å². The number of likely N-dealkylation sites (N-methyl/N-ethyl adjacent to an activating group) is 1. The van der Waals surface area contributed by atoms with Gasteiger partial charge in [-0.3, -0.25) is 4.90 Å². The second-order valence-corrected chi connectivity index (χ2v) is 4.32. The Kier molecular flexibility index (Phi) is 4.74. The molecule has 0 aromatic carbocycles. The monoisotopic (exact) mass is 184 g/mol. The van der Waals surface area contributed by atoms with Crippen LogP contribution in [0.4, 0.5) is 0 Å². The number of likely N-dealkylation sites (tertiary alicyclic amines) is 1. The molecule has 0 saturated carbocycles. The number of hydrogen-bond acceptors (Lipinski definition) is 2. The third kappa shape index (κ3) is 3.28. The molecule has 2 nitrogen and oxygen atoms in total. The molecule has 0 aromatic heterocycles. The van der Waals surface area contributed by atoms with E-state index in [1.165, 1.54) is 32.4 Å². The van der Waals surface area contributed by atoms with Crippen LogP contribution in [0.2, 0.25) is 0 Å². The largest absolute Gasteiger partial charge is 0.318 e. The first kappa shape index (κ1) is 11.0. The Morgan fingerprint density at radius 1 is 1.54 bits per heavy atom. The third-order valence-corrected chi connectivity index (χ3v) is 3.25. The van der Waals surface area contributed by atoms with Crippen molar-refractivity contribution in [1.82, 2.24) is 10.2 Å². The van der Waals surface area contributed by atoms with Gasteiger partial charge < -0.3 is 5.32 Å². The van der Waals surface area contributed by atoms with Crippen molar-refractivity contribution in [2.45, 2.75) is 39.2 Å². The Labute approximate surface area is 82.7 Å². The molecule has 0 aromatic rings. The fraction of sp³-hybridized carbons (Fsp3) is 1.00. The smallest absolute Gasteiger partial charge is 0.0192 e. The molecular formula is C11H24N2. The standard InChI is InChI=1S/C11H24N2/c1-4-11-6-5-7-13(9-11)10(2)8-12-3/h10-12H,4-9H2,1-3H3. The van der Waals surface area contributed by atoms with Crippen LogP contribution in [0.5, 0.6) is 0 Å². The highest BCUT2D eigenvalue weighted by molar-refractivity contribution is 4.77. The molecule has 0 radical (unpaired) electrons. The minimum absolute atomic E-state index is 0.708. The van der Waals surface area contributed by atoms with Crippen molar-refractivity contribution < 1.29 is 0 Å². The molecule has 1 fully saturated rings. The lowest BCUT2D eigenvalue weighted by molar-refractivity contribution is 0.129. The van der Waals surface area contributed by atoms with Crippen LogP contribution in [-0.4, -0.2) is 37.6 Å². The van der Waals surface area contributed by atoms with Gasteiger partial charge in [-0.25, -0.2) is 0 Å².